The van der Waals surface area contributed by atoms with Gasteiger partial charge in [0.2, 0.25) is 0 Å². The van der Waals surface area contributed by atoms with Gasteiger partial charge in [0.05, 0.1) is 25.3 Å². The van der Waals surface area contributed by atoms with Gasteiger partial charge in [0.1, 0.15) is 0 Å². The molecule has 4 aromatic rings. The molecular formula is C40H30Cl2F6O10. The topological polar surface area (TPSA) is 161 Å². The number of ether oxygens (including phenoxy) is 2. The Kier molecular flexibility index (Phi) is 13.5. The van der Waals surface area contributed by atoms with Crippen molar-refractivity contribution in [3.05, 3.63) is 140 Å². The van der Waals surface area contributed by atoms with Crippen LogP contribution >= 0.6 is 23.2 Å². The van der Waals surface area contributed by atoms with Gasteiger partial charge in [0.25, 0.3) is 0 Å². The fourth-order valence-electron chi connectivity index (χ4n) is 7.02. The van der Waals surface area contributed by atoms with Gasteiger partial charge in [-0.2, -0.15) is 26.3 Å². The van der Waals surface area contributed by atoms with E-state index in [4.69, 9.17) is 32.7 Å². The second kappa shape index (κ2) is 17.4. The van der Waals surface area contributed by atoms with Gasteiger partial charge in [-0.15, -0.1) is 0 Å². The van der Waals surface area contributed by atoms with Gasteiger partial charge in [0.15, 0.2) is 22.4 Å². The number of alkyl halides is 6. The molecule has 0 fully saturated rings. The monoisotopic (exact) mass is 854 g/mol. The lowest BCUT2D eigenvalue weighted by molar-refractivity contribution is -0.203. The van der Waals surface area contributed by atoms with Crippen molar-refractivity contribution in [2.75, 3.05) is 14.2 Å². The van der Waals surface area contributed by atoms with E-state index in [9.17, 15) is 65.3 Å². The van der Waals surface area contributed by atoms with Crippen LogP contribution in [0.5, 0.6) is 0 Å². The summed E-state index contributed by atoms with van der Waals surface area (Å²) >= 11 is 12.2. The van der Waals surface area contributed by atoms with E-state index in [1.807, 2.05) is 0 Å². The Morgan fingerprint density at radius 1 is 0.517 bits per heavy atom. The molecule has 0 aliphatic carbocycles. The zero-order chi connectivity index (χ0) is 43.4. The van der Waals surface area contributed by atoms with Gasteiger partial charge in [-0.25, -0.2) is 0 Å². The maximum absolute atomic E-state index is 14.6. The highest BCUT2D eigenvalue weighted by Crippen LogP contribution is 2.61. The third kappa shape index (κ3) is 8.57. The van der Waals surface area contributed by atoms with Crippen LogP contribution in [-0.2, 0) is 41.0 Å². The summed E-state index contributed by atoms with van der Waals surface area (Å²) < 4.78 is 90.3. The van der Waals surface area contributed by atoms with Crippen molar-refractivity contribution in [3.8, 4) is 0 Å². The number of carbonyl (C=O) groups excluding carboxylic acids is 4. The normalized spacial score (nSPS) is 13.2. The summed E-state index contributed by atoms with van der Waals surface area (Å²) in [7, 11) is 1.32. The van der Waals surface area contributed by atoms with E-state index >= 15 is 0 Å². The average Bonchev–Trinajstić information content (AvgIpc) is 3.17. The van der Waals surface area contributed by atoms with Crippen LogP contribution < -0.4 is 0 Å². The summed E-state index contributed by atoms with van der Waals surface area (Å²) in [4.78, 5) is 85.5. The molecule has 0 aromatic heterocycles. The number of carboxylic acid groups (broad SMARTS) is 2. The third-order valence-corrected chi connectivity index (χ3v) is 10.3. The lowest BCUT2D eigenvalue weighted by Gasteiger charge is -2.48. The van der Waals surface area contributed by atoms with Gasteiger partial charge < -0.3 is 19.7 Å². The van der Waals surface area contributed by atoms with E-state index in [-0.39, 0.29) is 21.2 Å². The zero-order valence-corrected chi connectivity index (χ0v) is 31.5. The van der Waals surface area contributed by atoms with Crippen LogP contribution in [0.25, 0.3) is 0 Å². The molecule has 0 saturated carbocycles. The molecule has 18 heteroatoms. The molecule has 0 heterocycles. The molecule has 306 valence electrons. The minimum atomic E-state index is -4.83. The number of carbonyl (C=O) groups is 6. The van der Waals surface area contributed by atoms with Crippen LogP contribution in [-0.4, -0.2) is 59.9 Å². The van der Waals surface area contributed by atoms with Crippen molar-refractivity contribution in [1.29, 1.82) is 0 Å². The van der Waals surface area contributed by atoms with Crippen LogP contribution in [0.4, 0.5) is 26.3 Å². The van der Waals surface area contributed by atoms with Crippen molar-refractivity contribution in [2.45, 2.75) is 37.0 Å². The van der Waals surface area contributed by atoms with Gasteiger partial charge in [0, 0.05) is 45.8 Å². The molecule has 58 heavy (non-hydrogen) atoms. The van der Waals surface area contributed by atoms with E-state index in [2.05, 4.69) is 0 Å². The van der Waals surface area contributed by atoms with Crippen molar-refractivity contribution >= 4 is 58.6 Å². The molecule has 2 N–H and O–H groups in total. The maximum atomic E-state index is 14.6. The van der Waals surface area contributed by atoms with Gasteiger partial charge in [-0.1, -0.05) is 71.7 Å². The summed E-state index contributed by atoms with van der Waals surface area (Å²) in [6, 6.07) is 14.3. The fourth-order valence-corrected chi connectivity index (χ4v) is 7.27. The lowest BCUT2D eigenvalue weighted by atomic mass is 9.48. The summed E-state index contributed by atoms with van der Waals surface area (Å²) in [6.45, 7) is 0. The van der Waals surface area contributed by atoms with Crippen molar-refractivity contribution < 1.29 is 74.8 Å². The molecule has 0 amide bonds. The number of hydrogen-bond donors (Lipinski definition) is 2. The standard InChI is InChI=1S/C40H30Cl2F6O10/c1-57-35(55)38(36(56)58-2,30(22-9-17-28(42)18-10-22)20-32(50)24-5-13-26(14-6-24)40(46,47)48)37(33(51)52,34(53)54)29(21-7-15-27(41)16-8-21)19-31(49)23-3-11-25(12-4-23)39(43,44)45/h3-18,29-30H,19-20H2,1-2H3,(H,51,52)(H,53,54). The number of carboxylic acids is 2. The number of Topliss-reactive ketones (excluding diaryl/α,β-unsaturated/α-hetero) is 2. The number of halogens is 8. The Balaban J connectivity index is 2.15. The maximum Gasteiger partial charge on any atom is 0.416 e. The van der Waals surface area contributed by atoms with E-state index in [1.165, 1.54) is 12.1 Å². The Bertz CT molecular complexity index is 2160. The highest BCUT2D eigenvalue weighted by molar-refractivity contribution is 6.31. The number of aliphatic carboxylic acids is 2. The van der Waals surface area contributed by atoms with Gasteiger partial charge >= 0.3 is 36.2 Å². The van der Waals surface area contributed by atoms with E-state index in [0.717, 1.165) is 60.7 Å². The van der Waals surface area contributed by atoms with Crippen LogP contribution in [0, 0.1) is 10.8 Å². The fraction of sp³-hybridized carbons (Fsp3) is 0.250. The number of hydrogen-bond acceptors (Lipinski definition) is 8. The van der Waals surface area contributed by atoms with Crippen LogP contribution in [0.3, 0.4) is 0 Å². The Hall–Kier alpha value is -5.74. The average molecular weight is 856 g/mol. The highest BCUT2D eigenvalue weighted by atomic mass is 35.5. The summed E-state index contributed by atoms with van der Waals surface area (Å²) in [6.07, 6.45) is -12.1. The van der Waals surface area contributed by atoms with Crippen molar-refractivity contribution in [2.24, 2.45) is 10.8 Å². The number of methoxy groups -OCH3 is 2. The third-order valence-electron chi connectivity index (χ3n) is 9.75. The van der Waals surface area contributed by atoms with Crippen molar-refractivity contribution in [1.82, 2.24) is 0 Å². The second-order valence-electron chi connectivity index (χ2n) is 12.8. The molecule has 4 aromatic carbocycles. The Morgan fingerprint density at radius 2 is 0.810 bits per heavy atom. The zero-order valence-electron chi connectivity index (χ0n) is 30.0. The Morgan fingerprint density at radius 3 is 1.07 bits per heavy atom. The molecule has 4 rings (SSSR count). The van der Waals surface area contributed by atoms with E-state index < -0.39 is 106 Å². The molecule has 0 radical (unpaired) electrons. The quantitative estimate of drug-likeness (QED) is 0.0511. The van der Waals surface area contributed by atoms with Crippen LogP contribution in [0.2, 0.25) is 10.0 Å². The SMILES string of the molecule is COC(=O)C(C(=O)OC)(C(CC(=O)c1ccc(C(F)(F)F)cc1)c1ccc(Cl)cc1)C(C(=O)O)(C(=O)O)C(CC(=O)c1ccc(C(F)(F)F)cc1)c1ccc(Cl)cc1. The van der Waals surface area contributed by atoms with E-state index in [0.29, 0.717) is 38.5 Å². The molecule has 2 atom stereocenters. The lowest BCUT2D eigenvalue weighted by Crippen LogP contribution is -2.67. The summed E-state index contributed by atoms with van der Waals surface area (Å²) in [5.41, 5.74) is -11.5. The molecule has 0 spiro atoms. The van der Waals surface area contributed by atoms with Crippen LogP contribution in [0.1, 0.15) is 67.6 Å². The van der Waals surface area contributed by atoms with E-state index in [1.54, 1.807) is 0 Å². The first-order chi connectivity index (χ1) is 27.1. The minimum Gasteiger partial charge on any atom is -0.480 e. The first-order valence-corrected chi connectivity index (χ1v) is 17.4. The Labute approximate surface area is 335 Å². The molecule has 10 nitrogen and oxygen atoms in total. The molecule has 2 unspecified atom stereocenters. The number of benzene rings is 4. The van der Waals surface area contributed by atoms with Gasteiger partial charge in [-0.05, 0) is 59.7 Å². The number of ketones is 2. The molecule has 0 aliphatic rings. The predicted octanol–water partition coefficient (Wildman–Crippen LogP) is 8.93. The predicted molar refractivity (Wildman–Crippen MR) is 193 cm³/mol. The minimum absolute atomic E-state index is 0.0150. The number of rotatable bonds is 15. The van der Waals surface area contributed by atoms with Crippen LogP contribution in [0.15, 0.2) is 97.1 Å². The molecular weight excluding hydrogens is 825 g/mol. The van der Waals surface area contributed by atoms with Crippen molar-refractivity contribution in [3.63, 3.8) is 0 Å². The summed E-state index contributed by atoms with van der Waals surface area (Å²) in [5.74, 6) is -15.6. The first kappa shape index (κ1) is 45.0. The first-order valence-electron chi connectivity index (χ1n) is 16.6. The summed E-state index contributed by atoms with van der Waals surface area (Å²) in [5, 5.41) is 22.7. The second-order valence-corrected chi connectivity index (χ2v) is 13.7. The molecule has 0 saturated heterocycles. The largest absolute Gasteiger partial charge is 0.480 e. The van der Waals surface area contributed by atoms with Gasteiger partial charge in [-0.3, -0.25) is 28.8 Å². The smallest absolute Gasteiger partial charge is 0.416 e. The number of esters is 2. The molecule has 0 aliphatic heterocycles. The molecule has 0 bridgehead atoms. The highest BCUT2D eigenvalue weighted by Gasteiger charge is 2.78.